The van der Waals surface area contributed by atoms with Crippen molar-refractivity contribution in [3.63, 3.8) is 0 Å². The standard InChI is InChI=1S/C21H22N4O4/c22-20-16(9-24-25-20)19(27)18(26)10-23-21(28)29-11-17-14-7-3-1-5-12(14)13-6-2-4-8-15(13)17/h1-9,17-19,26-27H,10-11H2,(H,23,28)(H3,22,24,25). The highest BCUT2D eigenvalue weighted by molar-refractivity contribution is 5.79. The van der Waals surface area contributed by atoms with Gasteiger partial charge in [0.15, 0.2) is 0 Å². The molecule has 150 valence electrons. The van der Waals surface area contributed by atoms with Crippen LogP contribution in [0.3, 0.4) is 0 Å². The highest BCUT2D eigenvalue weighted by Gasteiger charge is 2.29. The SMILES string of the molecule is Nc1[nH]ncc1C(O)C(O)CNC(=O)OCC1c2ccccc2-c2ccccc21. The van der Waals surface area contributed by atoms with Gasteiger partial charge in [-0.25, -0.2) is 4.79 Å². The van der Waals surface area contributed by atoms with Crippen molar-refractivity contribution in [2.45, 2.75) is 18.1 Å². The summed E-state index contributed by atoms with van der Waals surface area (Å²) in [6.07, 6.45) is -1.87. The van der Waals surface area contributed by atoms with Crippen LogP contribution < -0.4 is 11.1 Å². The Labute approximate surface area is 167 Å². The molecule has 29 heavy (non-hydrogen) atoms. The molecule has 2 unspecified atom stereocenters. The lowest BCUT2D eigenvalue weighted by Crippen LogP contribution is -2.36. The third-order valence-corrected chi connectivity index (χ3v) is 5.18. The van der Waals surface area contributed by atoms with E-state index in [1.165, 1.54) is 6.20 Å². The third kappa shape index (κ3) is 3.67. The molecule has 0 radical (unpaired) electrons. The molecule has 2 atom stereocenters. The Morgan fingerprint density at radius 2 is 1.76 bits per heavy atom. The molecule has 8 nitrogen and oxygen atoms in total. The van der Waals surface area contributed by atoms with E-state index in [1.54, 1.807) is 0 Å². The average molecular weight is 394 g/mol. The predicted octanol–water partition coefficient (Wildman–Crippen LogP) is 1.92. The van der Waals surface area contributed by atoms with Gasteiger partial charge in [-0.15, -0.1) is 0 Å². The number of fused-ring (bicyclic) bond motifs is 3. The van der Waals surface area contributed by atoms with Crippen LogP contribution in [-0.4, -0.2) is 45.8 Å². The van der Waals surface area contributed by atoms with Gasteiger partial charge in [-0.2, -0.15) is 5.10 Å². The highest BCUT2D eigenvalue weighted by Crippen LogP contribution is 2.44. The fourth-order valence-electron chi connectivity index (χ4n) is 3.70. The summed E-state index contributed by atoms with van der Waals surface area (Å²) in [5, 5.41) is 28.8. The molecule has 2 aromatic carbocycles. The molecule has 0 spiro atoms. The van der Waals surface area contributed by atoms with Crippen LogP contribution in [-0.2, 0) is 4.74 Å². The molecule has 0 bridgehead atoms. The van der Waals surface area contributed by atoms with E-state index in [2.05, 4.69) is 27.6 Å². The van der Waals surface area contributed by atoms with Crippen molar-refractivity contribution in [3.8, 4) is 11.1 Å². The number of benzene rings is 2. The van der Waals surface area contributed by atoms with E-state index in [-0.39, 0.29) is 30.5 Å². The van der Waals surface area contributed by atoms with E-state index >= 15 is 0 Å². The molecule has 0 saturated carbocycles. The van der Waals surface area contributed by atoms with E-state index in [1.807, 2.05) is 36.4 Å². The van der Waals surface area contributed by atoms with E-state index < -0.39 is 18.3 Å². The Morgan fingerprint density at radius 1 is 1.14 bits per heavy atom. The first-order valence-corrected chi connectivity index (χ1v) is 9.30. The number of alkyl carbamates (subject to hydrolysis) is 1. The summed E-state index contributed by atoms with van der Waals surface area (Å²) < 4.78 is 5.40. The maximum Gasteiger partial charge on any atom is 0.407 e. The monoisotopic (exact) mass is 394 g/mol. The van der Waals surface area contributed by atoms with Gasteiger partial charge < -0.3 is 26.0 Å². The Bertz CT molecular complexity index is 974. The van der Waals surface area contributed by atoms with Crippen molar-refractivity contribution in [2.75, 3.05) is 18.9 Å². The van der Waals surface area contributed by atoms with Crippen LogP contribution in [0.15, 0.2) is 54.7 Å². The van der Waals surface area contributed by atoms with Crippen molar-refractivity contribution >= 4 is 11.9 Å². The van der Waals surface area contributed by atoms with Crippen molar-refractivity contribution < 1.29 is 19.7 Å². The number of amides is 1. The number of aliphatic hydroxyl groups is 2. The van der Waals surface area contributed by atoms with Crippen LogP contribution >= 0.6 is 0 Å². The first-order valence-electron chi connectivity index (χ1n) is 9.30. The number of hydrogen-bond acceptors (Lipinski definition) is 6. The molecule has 6 N–H and O–H groups in total. The van der Waals surface area contributed by atoms with Crippen LogP contribution in [0.5, 0.6) is 0 Å². The van der Waals surface area contributed by atoms with Crippen molar-refractivity contribution in [3.05, 3.63) is 71.4 Å². The van der Waals surface area contributed by atoms with Gasteiger partial charge in [0, 0.05) is 18.0 Å². The average Bonchev–Trinajstić information content (AvgIpc) is 3.31. The Hall–Kier alpha value is -3.36. The fourth-order valence-corrected chi connectivity index (χ4v) is 3.70. The molecule has 0 saturated heterocycles. The first kappa shape index (κ1) is 19.0. The number of aromatic nitrogens is 2. The molecular weight excluding hydrogens is 372 g/mol. The number of carbonyl (C=O) groups is 1. The van der Waals surface area contributed by atoms with Gasteiger partial charge in [0.1, 0.15) is 24.6 Å². The number of anilines is 1. The molecule has 8 heteroatoms. The number of nitrogens with one attached hydrogen (secondary N) is 2. The van der Waals surface area contributed by atoms with Gasteiger partial charge in [0.05, 0.1) is 6.20 Å². The number of carbonyl (C=O) groups excluding carboxylic acids is 1. The maximum absolute atomic E-state index is 12.1. The Balaban J connectivity index is 1.35. The minimum absolute atomic E-state index is 0.0469. The topological polar surface area (TPSA) is 133 Å². The van der Waals surface area contributed by atoms with E-state index in [4.69, 9.17) is 10.5 Å². The summed E-state index contributed by atoms with van der Waals surface area (Å²) in [6, 6.07) is 16.1. The normalized spacial score (nSPS) is 14.7. The van der Waals surface area contributed by atoms with Gasteiger partial charge in [-0.05, 0) is 22.3 Å². The molecule has 0 aliphatic heterocycles. The molecule has 1 aromatic heterocycles. The lowest BCUT2D eigenvalue weighted by atomic mass is 9.98. The third-order valence-electron chi connectivity index (χ3n) is 5.18. The molecule has 1 aliphatic rings. The molecule has 4 rings (SSSR count). The van der Waals surface area contributed by atoms with Gasteiger partial charge >= 0.3 is 6.09 Å². The number of nitrogen functional groups attached to an aromatic ring is 1. The number of aromatic amines is 1. The summed E-state index contributed by atoms with van der Waals surface area (Å²) in [6.45, 7) is -0.0182. The zero-order chi connectivity index (χ0) is 20.4. The Morgan fingerprint density at radius 3 is 2.34 bits per heavy atom. The lowest BCUT2D eigenvalue weighted by Gasteiger charge is -2.18. The zero-order valence-electron chi connectivity index (χ0n) is 15.6. The second kappa shape index (κ2) is 7.94. The minimum Gasteiger partial charge on any atom is -0.449 e. The summed E-state index contributed by atoms with van der Waals surface area (Å²) in [5.41, 5.74) is 10.4. The number of H-pyrrole nitrogens is 1. The molecule has 1 aliphatic carbocycles. The summed E-state index contributed by atoms with van der Waals surface area (Å²) in [5.74, 6) is 0.118. The quantitative estimate of drug-likeness (QED) is 0.434. The van der Waals surface area contributed by atoms with Crippen molar-refractivity contribution in [1.82, 2.24) is 15.5 Å². The van der Waals surface area contributed by atoms with E-state index in [9.17, 15) is 15.0 Å². The second-order valence-corrected chi connectivity index (χ2v) is 6.96. The van der Waals surface area contributed by atoms with Crippen LogP contribution in [0, 0.1) is 0 Å². The fraction of sp³-hybridized carbons (Fsp3) is 0.238. The number of ether oxygens (including phenoxy) is 1. The van der Waals surface area contributed by atoms with Gasteiger partial charge in [0.2, 0.25) is 0 Å². The number of aliphatic hydroxyl groups excluding tert-OH is 2. The Kier molecular flexibility index (Phi) is 5.20. The number of rotatable bonds is 6. The van der Waals surface area contributed by atoms with Gasteiger partial charge in [-0.1, -0.05) is 48.5 Å². The van der Waals surface area contributed by atoms with Crippen LogP contribution in [0.4, 0.5) is 10.6 Å². The lowest BCUT2D eigenvalue weighted by molar-refractivity contribution is 0.0190. The van der Waals surface area contributed by atoms with Gasteiger partial charge in [-0.3, -0.25) is 5.10 Å². The van der Waals surface area contributed by atoms with Crippen LogP contribution in [0.25, 0.3) is 11.1 Å². The number of hydrogen-bond donors (Lipinski definition) is 5. The maximum atomic E-state index is 12.1. The first-order chi connectivity index (χ1) is 14.1. The summed E-state index contributed by atoms with van der Waals surface area (Å²) in [4.78, 5) is 12.1. The molecule has 3 aromatic rings. The second-order valence-electron chi connectivity index (χ2n) is 6.96. The van der Waals surface area contributed by atoms with Crippen molar-refractivity contribution in [1.29, 1.82) is 0 Å². The minimum atomic E-state index is -1.28. The smallest absolute Gasteiger partial charge is 0.407 e. The molecule has 1 heterocycles. The zero-order valence-corrected chi connectivity index (χ0v) is 15.6. The summed E-state index contributed by atoms with van der Waals surface area (Å²) in [7, 11) is 0. The van der Waals surface area contributed by atoms with E-state index in [0.29, 0.717) is 0 Å². The molecular formula is C21H22N4O4. The summed E-state index contributed by atoms with van der Waals surface area (Å²) >= 11 is 0. The number of nitrogens with two attached hydrogens (primary N) is 1. The van der Waals surface area contributed by atoms with E-state index in [0.717, 1.165) is 22.3 Å². The van der Waals surface area contributed by atoms with Crippen molar-refractivity contribution in [2.24, 2.45) is 0 Å². The highest BCUT2D eigenvalue weighted by atomic mass is 16.5. The van der Waals surface area contributed by atoms with Gasteiger partial charge in [0.25, 0.3) is 0 Å². The van der Waals surface area contributed by atoms with Crippen LogP contribution in [0.2, 0.25) is 0 Å². The van der Waals surface area contributed by atoms with Crippen LogP contribution in [0.1, 0.15) is 28.7 Å². The predicted molar refractivity (Wildman–Crippen MR) is 107 cm³/mol. The largest absolute Gasteiger partial charge is 0.449 e. The molecule has 0 fully saturated rings. The number of nitrogens with zero attached hydrogens (tertiary/aromatic N) is 1. The molecule has 1 amide bonds.